The van der Waals surface area contributed by atoms with E-state index < -0.39 is 0 Å². The zero-order valence-corrected chi connectivity index (χ0v) is 10.0. The van der Waals surface area contributed by atoms with Gasteiger partial charge in [-0.25, -0.2) is 0 Å². The Hall–Kier alpha value is -0.370. The number of ketones is 1. The Morgan fingerprint density at radius 1 is 1.20 bits per heavy atom. The summed E-state index contributed by atoms with van der Waals surface area (Å²) in [6.45, 7) is 5.80. The summed E-state index contributed by atoms with van der Waals surface area (Å²) in [6, 6.07) is 1.45. The van der Waals surface area contributed by atoms with Crippen LogP contribution in [0, 0.1) is 5.92 Å². The summed E-state index contributed by atoms with van der Waals surface area (Å²) in [6.07, 6.45) is 7.14. The van der Waals surface area contributed by atoms with Crippen molar-refractivity contribution in [1.82, 2.24) is 4.90 Å². The van der Waals surface area contributed by atoms with Crippen LogP contribution in [-0.4, -0.2) is 29.3 Å². The normalized spacial score (nSPS) is 37.7. The molecule has 3 unspecified atom stereocenters. The Morgan fingerprint density at radius 2 is 1.87 bits per heavy atom. The number of hydrogen-bond acceptors (Lipinski definition) is 2. The van der Waals surface area contributed by atoms with Crippen LogP contribution in [0.4, 0.5) is 0 Å². The largest absolute Gasteiger partial charge is 0.299 e. The second-order valence-electron chi connectivity index (χ2n) is 5.36. The maximum absolute atomic E-state index is 11.2. The summed E-state index contributed by atoms with van der Waals surface area (Å²) in [4.78, 5) is 13.9. The van der Waals surface area contributed by atoms with E-state index in [0.29, 0.717) is 11.7 Å². The summed E-state index contributed by atoms with van der Waals surface area (Å²) in [5, 5.41) is 0. The van der Waals surface area contributed by atoms with Gasteiger partial charge in [0, 0.05) is 24.4 Å². The number of rotatable bonds is 3. The summed E-state index contributed by atoms with van der Waals surface area (Å²) < 4.78 is 0. The van der Waals surface area contributed by atoms with Gasteiger partial charge in [0.05, 0.1) is 0 Å². The molecule has 1 aliphatic heterocycles. The van der Waals surface area contributed by atoms with E-state index in [1.165, 1.54) is 19.3 Å². The Labute approximate surface area is 93.0 Å². The van der Waals surface area contributed by atoms with Gasteiger partial charge in [-0.3, -0.25) is 9.69 Å². The molecule has 2 fully saturated rings. The van der Waals surface area contributed by atoms with E-state index >= 15 is 0 Å². The van der Waals surface area contributed by atoms with Crippen LogP contribution in [0.15, 0.2) is 0 Å². The highest BCUT2D eigenvalue weighted by molar-refractivity contribution is 5.86. The van der Waals surface area contributed by atoms with Crippen LogP contribution in [0.1, 0.15) is 52.4 Å². The van der Waals surface area contributed by atoms with E-state index in [2.05, 4.69) is 18.7 Å². The fraction of sp³-hybridized carbons (Fsp3) is 0.923. The molecule has 1 saturated heterocycles. The first kappa shape index (κ1) is 11.1. The second-order valence-corrected chi connectivity index (χ2v) is 5.36. The number of nitrogens with zero attached hydrogens (tertiary/aromatic N) is 1. The van der Waals surface area contributed by atoms with Crippen molar-refractivity contribution in [2.75, 3.05) is 6.54 Å². The van der Waals surface area contributed by atoms with Gasteiger partial charge in [0.25, 0.3) is 0 Å². The van der Waals surface area contributed by atoms with Crippen LogP contribution in [0.2, 0.25) is 0 Å². The fourth-order valence-corrected chi connectivity index (χ4v) is 2.99. The van der Waals surface area contributed by atoms with Crippen LogP contribution in [0.3, 0.4) is 0 Å². The van der Waals surface area contributed by atoms with Gasteiger partial charge in [0.1, 0.15) is 5.78 Å². The van der Waals surface area contributed by atoms with Gasteiger partial charge in [-0.05, 0) is 46.1 Å². The number of carbonyl (C=O) groups is 1. The molecule has 0 spiro atoms. The van der Waals surface area contributed by atoms with Gasteiger partial charge in [0.15, 0.2) is 0 Å². The smallest absolute Gasteiger partial charge is 0.136 e. The molecule has 0 aromatic rings. The van der Waals surface area contributed by atoms with Crippen molar-refractivity contribution in [2.24, 2.45) is 5.92 Å². The average Bonchev–Trinajstić information content (AvgIpc) is 2.20. The highest BCUT2D eigenvalue weighted by Gasteiger charge is 2.30. The highest BCUT2D eigenvalue weighted by Crippen LogP contribution is 2.28. The minimum atomic E-state index is 0.409. The van der Waals surface area contributed by atoms with Crippen molar-refractivity contribution < 1.29 is 4.79 Å². The fourth-order valence-electron chi connectivity index (χ4n) is 2.99. The van der Waals surface area contributed by atoms with Crippen LogP contribution in [-0.2, 0) is 4.79 Å². The number of Topliss-reactive ketones (excluding diaryl/α,β-unsaturated/α-hetero) is 1. The Bertz CT molecular complexity index is 229. The van der Waals surface area contributed by atoms with E-state index in [0.717, 1.165) is 37.9 Å². The van der Waals surface area contributed by atoms with Gasteiger partial charge in [-0.15, -0.1) is 0 Å². The number of likely N-dealkylation sites (tertiary alicyclic amines) is 1. The first-order valence-electron chi connectivity index (χ1n) is 6.47. The zero-order chi connectivity index (χ0) is 10.8. The third kappa shape index (κ3) is 2.41. The minimum Gasteiger partial charge on any atom is -0.299 e. The molecular weight excluding hydrogens is 186 g/mol. The monoisotopic (exact) mass is 209 g/mol. The van der Waals surface area contributed by atoms with Crippen molar-refractivity contribution in [2.45, 2.75) is 64.5 Å². The van der Waals surface area contributed by atoms with E-state index in [1.54, 1.807) is 0 Å². The molecule has 1 saturated carbocycles. The summed E-state index contributed by atoms with van der Waals surface area (Å²) in [5.41, 5.74) is 0. The standard InChI is InChI=1S/C13H23NO/c1-10-4-3-5-11(2)14(10)9-8-12-6-7-13(12)15/h10-12H,3-9H2,1-2H3. The SMILES string of the molecule is CC1CCCC(C)N1CCC1CCC1=O. The Kier molecular flexibility index (Phi) is 3.45. The predicted molar refractivity (Wildman–Crippen MR) is 61.8 cm³/mol. The van der Waals surface area contributed by atoms with E-state index in [1.807, 2.05) is 0 Å². The minimum absolute atomic E-state index is 0.409. The van der Waals surface area contributed by atoms with Crippen molar-refractivity contribution >= 4 is 5.78 Å². The molecule has 2 aliphatic rings. The molecule has 0 aromatic carbocycles. The van der Waals surface area contributed by atoms with Gasteiger partial charge in [-0.2, -0.15) is 0 Å². The van der Waals surface area contributed by atoms with Crippen LogP contribution >= 0.6 is 0 Å². The Balaban J connectivity index is 1.78. The molecule has 0 radical (unpaired) electrons. The maximum Gasteiger partial charge on any atom is 0.136 e. The number of piperidine rings is 1. The molecule has 3 atom stereocenters. The van der Waals surface area contributed by atoms with Crippen LogP contribution < -0.4 is 0 Å². The molecule has 2 nitrogen and oxygen atoms in total. The van der Waals surface area contributed by atoms with Gasteiger partial charge >= 0.3 is 0 Å². The molecule has 1 heterocycles. The van der Waals surface area contributed by atoms with Gasteiger partial charge in [0.2, 0.25) is 0 Å². The van der Waals surface area contributed by atoms with E-state index in [9.17, 15) is 4.79 Å². The topological polar surface area (TPSA) is 20.3 Å². The Morgan fingerprint density at radius 3 is 2.33 bits per heavy atom. The summed E-state index contributed by atoms with van der Waals surface area (Å²) in [7, 11) is 0. The zero-order valence-electron chi connectivity index (χ0n) is 10.0. The lowest BCUT2D eigenvalue weighted by Crippen LogP contribution is -2.45. The molecule has 15 heavy (non-hydrogen) atoms. The lowest BCUT2D eigenvalue weighted by molar-refractivity contribution is -0.129. The molecule has 0 amide bonds. The quantitative estimate of drug-likeness (QED) is 0.712. The van der Waals surface area contributed by atoms with Crippen molar-refractivity contribution in [3.05, 3.63) is 0 Å². The van der Waals surface area contributed by atoms with Gasteiger partial charge in [-0.1, -0.05) is 6.42 Å². The summed E-state index contributed by atoms with van der Waals surface area (Å²) >= 11 is 0. The third-order valence-corrected chi connectivity index (χ3v) is 4.31. The highest BCUT2D eigenvalue weighted by atomic mass is 16.1. The molecule has 0 N–H and O–H groups in total. The lowest BCUT2D eigenvalue weighted by atomic mass is 9.81. The molecule has 2 rings (SSSR count). The predicted octanol–water partition coefficient (Wildman–Crippen LogP) is 2.62. The van der Waals surface area contributed by atoms with Crippen LogP contribution in [0.25, 0.3) is 0 Å². The number of carbonyl (C=O) groups excluding carboxylic acids is 1. The molecular formula is C13H23NO. The average molecular weight is 209 g/mol. The summed E-state index contributed by atoms with van der Waals surface area (Å²) in [5.74, 6) is 0.915. The first-order valence-corrected chi connectivity index (χ1v) is 6.47. The molecule has 0 bridgehead atoms. The van der Waals surface area contributed by atoms with Crippen LogP contribution in [0.5, 0.6) is 0 Å². The van der Waals surface area contributed by atoms with Crippen molar-refractivity contribution in [3.63, 3.8) is 0 Å². The third-order valence-electron chi connectivity index (χ3n) is 4.31. The van der Waals surface area contributed by atoms with E-state index in [4.69, 9.17) is 0 Å². The second kappa shape index (κ2) is 4.65. The number of hydrogen-bond donors (Lipinski definition) is 0. The molecule has 0 aromatic heterocycles. The molecule has 86 valence electrons. The molecule has 2 heteroatoms. The first-order chi connectivity index (χ1) is 7.18. The van der Waals surface area contributed by atoms with E-state index in [-0.39, 0.29) is 0 Å². The van der Waals surface area contributed by atoms with Crippen molar-refractivity contribution in [1.29, 1.82) is 0 Å². The lowest BCUT2D eigenvalue weighted by Gasteiger charge is -2.40. The molecule has 1 aliphatic carbocycles. The maximum atomic E-state index is 11.2. The van der Waals surface area contributed by atoms with Gasteiger partial charge < -0.3 is 0 Å². The van der Waals surface area contributed by atoms with Crippen molar-refractivity contribution in [3.8, 4) is 0 Å².